The van der Waals surface area contributed by atoms with Gasteiger partial charge in [0, 0.05) is 25.7 Å². The van der Waals surface area contributed by atoms with Crippen LogP contribution in [0.3, 0.4) is 0 Å². The number of likely N-dealkylation sites (tertiary alicyclic amines) is 1. The lowest BCUT2D eigenvalue weighted by molar-refractivity contribution is -0.135. The quantitative estimate of drug-likeness (QED) is 0.824. The molecule has 3 fully saturated rings. The van der Waals surface area contributed by atoms with Gasteiger partial charge in [-0.15, -0.1) is 0 Å². The first-order valence-electron chi connectivity index (χ1n) is 8.43. The Morgan fingerprint density at radius 3 is 2.85 bits per heavy atom. The minimum Gasteiger partial charge on any atom is -0.396 e. The highest BCUT2D eigenvalue weighted by atomic mass is 16.3. The number of fused-ring (bicyclic) bond motifs is 1. The molecular weight excluding hydrogens is 252 g/mol. The van der Waals surface area contributed by atoms with Gasteiger partial charge in [-0.25, -0.2) is 0 Å². The average Bonchev–Trinajstić information content (AvgIpc) is 2.91. The number of rotatable bonds is 3. The lowest BCUT2D eigenvalue weighted by Crippen LogP contribution is -2.49. The summed E-state index contributed by atoms with van der Waals surface area (Å²) in [6, 6.07) is 0.659. The van der Waals surface area contributed by atoms with Crippen LogP contribution < -0.4 is 5.32 Å². The summed E-state index contributed by atoms with van der Waals surface area (Å²) in [5, 5.41) is 12.7. The van der Waals surface area contributed by atoms with Crippen molar-refractivity contribution in [1.82, 2.24) is 10.2 Å². The van der Waals surface area contributed by atoms with Crippen molar-refractivity contribution >= 4 is 5.91 Å². The highest BCUT2D eigenvalue weighted by Gasteiger charge is 2.40. The molecule has 2 N–H and O–H groups in total. The van der Waals surface area contributed by atoms with Gasteiger partial charge in [0.25, 0.3) is 0 Å². The number of carbonyl (C=O) groups excluding carboxylic acids is 1. The summed E-state index contributed by atoms with van der Waals surface area (Å²) >= 11 is 0. The summed E-state index contributed by atoms with van der Waals surface area (Å²) in [5.74, 6) is 1.55. The van der Waals surface area contributed by atoms with Crippen molar-refractivity contribution in [3.8, 4) is 0 Å². The van der Waals surface area contributed by atoms with Crippen molar-refractivity contribution < 1.29 is 9.90 Å². The zero-order valence-electron chi connectivity index (χ0n) is 12.4. The SMILES string of the molecule is O=C(C1CC2CCCCC2N1)N1CCCC(CCO)C1. The van der Waals surface area contributed by atoms with Crippen LogP contribution in [0.4, 0.5) is 0 Å². The first kappa shape index (κ1) is 14.3. The fourth-order valence-electron chi connectivity index (χ4n) is 4.41. The number of aliphatic hydroxyl groups excluding tert-OH is 1. The normalized spacial score (nSPS) is 37.8. The third kappa shape index (κ3) is 3.01. The van der Waals surface area contributed by atoms with Crippen LogP contribution >= 0.6 is 0 Å². The number of hydrogen-bond acceptors (Lipinski definition) is 3. The molecule has 3 rings (SSSR count). The van der Waals surface area contributed by atoms with E-state index < -0.39 is 0 Å². The van der Waals surface area contributed by atoms with Crippen LogP contribution in [0.25, 0.3) is 0 Å². The Kier molecular flexibility index (Phi) is 4.61. The average molecular weight is 280 g/mol. The molecule has 0 aromatic heterocycles. The number of nitrogens with zero attached hydrogens (tertiary/aromatic N) is 1. The number of amides is 1. The van der Waals surface area contributed by atoms with E-state index in [-0.39, 0.29) is 12.6 Å². The molecule has 114 valence electrons. The second-order valence-corrected chi connectivity index (χ2v) is 6.91. The van der Waals surface area contributed by atoms with E-state index in [1.165, 1.54) is 25.7 Å². The van der Waals surface area contributed by atoms with Crippen molar-refractivity contribution in [1.29, 1.82) is 0 Å². The molecule has 4 nitrogen and oxygen atoms in total. The maximum Gasteiger partial charge on any atom is 0.239 e. The Morgan fingerprint density at radius 2 is 2.05 bits per heavy atom. The van der Waals surface area contributed by atoms with E-state index in [0.717, 1.165) is 44.7 Å². The van der Waals surface area contributed by atoms with E-state index in [4.69, 9.17) is 5.11 Å². The van der Waals surface area contributed by atoms with Crippen molar-refractivity contribution in [2.45, 2.75) is 63.5 Å². The van der Waals surface area contributed by atoms with E-state index in [2.05, 4.69) is 10.2 Å². The first-order valence-corrected chi connectivity index (χ1v) is 8.43. The third-order valence-electron chi connectivity index (χ3n) is 5.53. The van der Waals surface area contributed by atoms with Crippen molar-refractivity contribution in [2.24, 2.45) is 11.8 Å². The predicted molar refractivity (Wildman–Crippen MR) is 78.3 cm³/mol. The van der Waals surface area contributed by atoms with Crippen molar-refractivity contribution in [3.05, 3.63) is 0 Å². The molecular formula is C16H28N2O2. The van der Waals surface area contributed by atoms with Gasteiger partial charge in [0.05, 0.1) is 6.04 Å². The third-order valence-corrected chi connectivity index (χ3v) is 5.53. The molecule has 1 aliphatic carbocycles. The number of aliphatic hydroxyl groups is 1. The Morgan fingerprint density at radius 1 is 1.20 bits per heavy atom. The van der Waals surface area contributed by atoms with Gasteiger partial charge in [-0.3, -0.25) is 4.79 Å². The molecule has 0 radical (unpaired) electrons. The largest absolute Gasteiger partial charge is 0.396 e. The topological polar surface area (TPSA) is 52.6 Å². The molecule has 0 spiro atoms. The molecule has 0 aromatic rings. The molecule has 2 heterocycles. The van der Waals surface area contributed by atoms with Crippen LogP contribution in [0.5, 0.6) is 0 Å². The van der Waals surface area contributed by atoms with E-state index >= 15 is 0 Å². The maximum atomic E-state index is 12.7. The van der Waals surface area contributed by atoms with Crippen LogP contribution in [0.1, 0.15) is 51.4 Å². The maximum absolute atomic E-state index is 12.7. The van der Waals surface area contributed by atoms with Gasteiger partial charge in [0.2, 0.25) is 5.91 Å². The Balaban J connectivity index is 1.55. The Hall–Kier alpha value is -0.610. The van der Waals surface area contributed by atoms with Gasteiger partial charge in [-0.2, -0.15) is 0 Å². The molecule has 1 saturated carbocycles. The molecule has 0 aromatic carbocycles. The molecule has 2 aliphatic heterocycles. The summed E-state index contributed by atoms with van der Waals surface area (Å²) in [6.07, 6.45) is 9.35. The molecule has 20 heavy (non-hydrogen) atoms. The molecule has 0 bridgehead atoms. The summed E-state index contributed by atoms with van der Waals surface area (Å²) in [5.41, 5.74) is 0. The zero-order valence-corrected chi connectivity index (χ0v) is 12.4. The molecule has 3 aliphatic rings. The Labute approximate surface area is 121 Å². The fraction of sp³-hybridized carbons (Fsp3) is 0.938. The van der Waals surface area contributed by atoms with Gasteiger partial charge in [-0.1, -0.05) is 12.8 Å². The predicted octanol–water partition coefficient (Wildman–Crippen LogP) is 1.53. The lowest BCUT2D eigenvalue weighted by Gasteiger charge is -2.34. The number of nitrogens with one attached hydrogen (secondary N) is 1. The van der Waals surface area contributed by atoms with E-state index in [1.807, 2.05) is 0 Å². The van der Waals surface area contributed by atoms with Crippen LogP contribution in [0.15, 0.2) is 0 Å². The van der Waals surface area contributed by atoms with Crippen LogP contribution in [-0.4, -0.2) is 47.7 Å². The number of carbonyl (C=O) groups is 1. The lowest BCUT2D eigenvalue weighted by atomic mass is 9.85. The summed E-state index contributed by atoms with van der Waals surface area (Å²) < 4.78 is 0. The van der Waals surface area contributed by atoms with Gasteiger partial charge in [0.15, 0.2) is 0 Å². The Bertz CT molecular complexity index is 331. The minimum atomic E-state index is 0.0657. The number of piperidine rings is 1. The molecule has 4 heteroatoms. The van der Waals surface area contributed by atoms with E-state index in [9.17, 15) is 4.79 Å². The first-order chi connectivity index (χ1) is 9.78. The van der Waals surface area contributed by atoms with Crippen LogP contribution in [0.2, 0.25) is 0 Å². The standard InChI is InChI=1S/C16H28N2O2/c19-9-7-12-4-3-8-18(11-12)16(20)15-10-13-5-1-2-6-14(13)17-15/h12-15,17,19H,1-11H2. The highest BCUT2D eigenvalue weighted by molar-refractivity contribution is 5.82. The second kappa shape index (κ2) is 6.44. The molecule has 1 amide bonds. The van der Waals surface area contributed by atoms with Crippen molar-refractivity contribution in [2.75, 3.05) is 19.7 Å². The van der Waals surface area contributed by atoms with Crippen molar-refractivity contribution in [3.63, 3.8) is 0 Å². The summed E-state index contributed by atoms with van der Waals surface area (Å²) in [6.45, 7) is 2.01. The second-order valence-electron chi connectivity index (χ2n) is 6.91. The number of hydrogen-bond donors (Lipinski definition) is 2. The minimum absolute atomic E-state index is 0.0657. The highest BCUT2D eigenvalue weighted by Crippen LogP contribution is 2.34. The van der Waals surface area contributed by atoms with E-state index in [1.54, 1.807) is 0 Å². The van der Waals surface area contributed by atoms with Gasteiger partial charge < -0.3 is 15.3 Å². The fourth-order valence-corrected chi connectivity index (χ4v) is 4.41. The van der Waals surface area contributed by atoms with Gasteiger partial charge >= 0.3 is 0 Å². The summed E-state index contributed by atoms with van der Waals surface area (Å²) in [4.78, 5) is 14.7. The van der Waals surface area contributed by atoms with Crippen LogP contribution in [0, 0.1) is 11.8 Å². The molecule has 2 saturated heterocycles. The zero-order chi connectivity index (χ0) is 13.9. The molecule has 4 unspecified atom stereocenters. The molecule has 4 atom stereocenters. The smallest absolute Gasteiger partial charge is 0.239 e. The monoisotopic (exact) mass is 280 g/mol. The van der Waals surface area contributed by atoms with Gasteiger partial charge in [0.1, 0.15) is 0 Å². The van der Waals surface area contributed by atoms with E-state index in [0.29, 0.717) is 17.9 Å². The van der Waals surface area contributed by atoms with Crippen LogP contribution in [-0.2, 0) is 4.79 Å². The summed E-state index contributed by atoms with van der Waals surface area (Å²) in [7, 11) is 0. The van der Waals surface area contributed by atoms with Gasteiger partial charge in [-0.05, 0) is 50.4 Å².